The topological polar surface area (TPSA) is 97.1 Å². The number of rotatable bonds is 5. The van der Waals surface area contributed by atoms with Crippen molar-refractivity contribution >= 4 is 39.1 Å². The highest BCUT2D eigenvalue weighted by Crippen LogP contribution is 2.31. The van der Waals surface area contributed by atoms with Crippen LogP contribution in [0.3, 0.4) is 0 Å². The molecule has 0 fully saturated rings. The van der Waals surface area contributed by atoms with E-state index >= 15 is 0 Å². The van der Waals surface area contributed by atoms with Gasteiger partial charge in [-0.25, -0.2) is 14.5 Å². The summed E-state index contributed by atoms with van der Waals surface area (Å²) < 4.78 is 2.29. The molecule has 2 N–H and O–H groups in total. The Labute approximate surface area is 164 Å². The van der Waals surface area contributed by atoms with Gasteiger partial charge in [0, 0.05) is 17.4 Å². The standard InChI is InChI=1S/C20H16N4O3S/c1-12-2-7-15-17(10-12)28-19(23-15)13-3-5-14(6-4-13)22-18(25)11-24-16(20(26)27)8-9-21-24/h2-10H,11H2,1H3,(H,22,25)(H,26,27). The maximum Gasteiger partial charge on any atom is 0.354 e. The molecule has 2 heterocycles. The number of amides is 1. The number of aryl methyl sites for hydroxylation is 1. The summed E-state index contributed by atoms with van der Waals surface area (Å²) in [5, 5.41) is 16.6. The largest absolute Gasteiger partial charge is 0.477 e. The Hall–Kier alpha value is -3.52. The molecule has 140 valence electrons. The molecule has 0 bridgehead atoms. The van der Waals surface area contributed by atoms with Gasteiger partial charge in [-0.15, -0.1) is 11.3 Å². The van der Waals surface area contributed by atoms with Crippen LogP contribution in [-0.2, 0) is 11.3 Å². The number of carbonyl (C=O) groups is 2. The number of carboxylic acid groups (broad SMARTS) is 1. The van der Waals surface area contributed by atoms with Crippen LogP contribution >= 0.6 is 11.3 Å². The van der Waals surface area contributed by atoms with Crippen LogP contribution in [0.2, 0.25) is 0 Å². The van der Waals surface area contributed by atoms with Gasteiger partial charge in [-0.05, 0) is 55.0 Å². The van der Waals surface area contributed by atoms with Gasteiger partial charge in [-0.3, -0.25) is 4.79 Å². The first-order chi connectivity index (χ1) is 13.5. The third kappa shape index (κ3) is 3.63. The third-order valence-electron chi connectivity index (χ3n) is 4.19. The van der Waals surface area contributed by atoms with E-state index in [9.17, 15) is 9.59 Å². The first-order valence-corrected chi connectivity index (χ1v) is 9.34. The lowest BCUT2D eigenvalue weighted by molar-refractivity contribution is -0.116. The summed E-state index contributed by atoms with van der Waals surface area (Å²) in [6.07, 6.45) is 1.35. The van der Waals surface area contributed by atoms with E-state index in [4.69, 9.17) is 5.11 Å². The number of thiazole rings is 1. The Morgan fingerprint density at radius 1 is 1.14 bits per heavy atom. The number of hydrogen-bond acceptors (Lipinski definition) is 5. The van der Waals surface area contributed by atoms with Crippen LogP contribution in [0.25, 0.3) is 20.8 Å². The molecule has 2 aromatic carbocycles. The molecular formula is C20H16N4O3S. The Kier molecular flexibility index (Phi) is 4.62. The Morgan fingerprint density at radius 3 is 2.68 bits per heavy atom. The molecule has 1 amide bonds. The van der Waals surface area contributed by atoms with E-state index in [0.717, 1.165) is 25.5 Å². The van der Waals surface area contributed by atoms with Crippen molar-refractivity contribution in [3.05, 3.63) is 66.0 Å². The zero-order valence-corrected chi connectivity index (χ0v) is 15.7. The number of carboxylic acids is 1. The average molecular weight is 392 g/mol. The molecule has 0 atom stereocenters. The molecule has 0 saturated carbocycles. The first-order valence-electron chi connectivity index (χ1n) is 8.52. The van der Waals surface area contributed by atoms with Gasteiger partial charge >= 0.3 is 5.97 Å². The van der Waals surface area contributed by atoms with Crippen LogP contribution in [0.15, 0.2) is 54.7 Å². The molecule has 28 heavy (non-hydrogen) atoms. The quantitative estimate of drug-likeness (QED) is 0.538. The van der Waals surface area contributed by atoms with Crippen LogP contribution in [0.4, 0.5) is 5.69 Å². The van der Waals surface area contributed by atoms with Crippen LogP contribution in [0, 0.1) is 6.92 Å². The van der Waals surface area contributed by atoms with Crippen molar-refractivity contribution in [1.29, 1.82) is 0 Å². The highest BCUT2D eigenvalue weighted by molar-refractivity contribution is 7.21. The minimum Gasteiger partial charge on any atom is -0.477 e. The second-order valence-electron chi connectivity index (χ2n) is 6.29. The van der Waals surface area contributed by atoms with Crippen LogP contribution in [-0.4, -0.2) is 31.7 Å². The van der Waals surface area contributed by atoms with Crippen molar-refractivity contribution in [2.45, 2.75) is 13.5 Å². The molecule has 0 aliphatic heterocycles. The number of benzene rings is 2. The van der Waals surface area contributed by atoms with Gasteiger partial charge < -0.3 is 10.4 Å². The highest BCUT2D eigenvalue weighted by Gasteiger charge is 2.13. The van der Waals surface area contributed by atoms with Gasteiger partial charge in [0.25, 0.3) is 0 Å². The lowest BCUT2D eigenvalue weighted by atomic mass is 10.2. The van der Waals surface area contributed by atoms with Gasteiger partial charge in [0.05, 0.1) is 10.2 Å². The van der Waals surface area contributed by atoms with Crippen molar-refractivity contribution in [2.75, 3.05) is 5.32 Å². The summed E-state index contributed by atoms with van der Waals surface area (Å²) in [5.74, 6) is -1.48. The number of aromatic carboxylic acids is 1. The maximum absolute atomic E-state index is 12.2. The second kappa shape index (κ2) is 7.24. The van der Waals surface area contributed by atoms with E-state index < -0.39 is 5.97 Å². The molecule has 2 aromatic heterocycles. The summed E-state index contributed by atoms with van der Waals surface area (Å²) in [7, 11) is 0. The van der Waals surface area contributed by atoms with E-state index in [1.165, 1.54) is 17.8 Å². The summed E-state index contributed by atoms with van der Waals surface area (Å²) >= 11 is 1.63. The van der Waals surface area contributed by atoms with E-state index in [1.807, 2.05) is 24.3 Å². The maximum atomic E-state index is 12.2. The monoisotopic (exact) mass is 392 g/mol. The van der Waals surface area contributed by atoms with E-state index in [1.54, 1.807) is 23.5 Å². The van der Waals surface area contributed by atoms with Gasteiger partial charge in [0.15, 0.2) is 0 Å². The zero-order valence-electron chi connectivity index (χ0n) is 14.9. The normalized spacial score (nSPS) is 10.9. The van der Waals surface area contributed by atoms with Gasteiger partial charge in [0.2, 0.25) is 5.91 Å². The van der Waals surface area contributed by atoms with E-state index in [2.05, 4.69) is 28.4 Å². The predicted molar refractivity (Wildman–Crippen MR) is 108 cm³/mol. The Bertz CT molecular complexity index is 1180. The molecule has 4 aromatic rings. The molecular weight excluding hydrogens is 376 g/mol. The first kappa shape index (κ1) is 17.9. The second-order valence-corrected chi connectivity index (χ2v) is 7.33. The molecule has 7 nitrogen and oxygen atoms in total. The number of nitrogens with zero attached hydrogens (tertiary/aromatic N) is 3. The van der Waals surface area contributed by atoms with Crippen molar-refractivity contribution in [2.24, 2.45) is 0 Å². The number of aromatic nitrogens is 3. The Balaban J connectivity index is 1.47. The highest BCUT2D eigenvalue weighted by atomic mass is 32.1. The summed E-state index contributed by atoms with van der Waals surface area (Å²) in [6.45, 7) is 1.88. The number of hydrogen-bond donors (Lipinski definition) is 2. The van der Waals surface area contributed by atoms with Crippen LogP contribution in [0.1, 0.15) is 16.1 Å². The van der Waals surface area contributed by atoms with Crippen molar-refractivity contribution in [3.8, 4) is 10.6 Å². The fourth-order valence-corrected chi connectivity index (χ4v) is 3.90. The zero-order chi connectivity index (χ0) is 19.7. The van der Waals surface area contributed by atoms with Crippen LogP contribution < -0.4 is 5.32 Å². The Morgan fingerprint density at radius 2 is 1.93 bits per heavy atom. The lowest BCUT2D eigenvalue weighted by Gasteiger charge is -2.07. The number of anilines is 1. The summed E-state index contributed by atoms with van der Waals surface area (Å²) in [5.41, 5.74) is 3.73. The molecule has 0 aliphatic rings. The fraction of sp³-hybridized carbons (Fsp3) is 0.100. The number of fused-ring (bicyclic) bond motifs is 1. The minimum absolute atomic E-state index is 0.0310. The fourth-order valence-electron chi connectivity index (χ4n) is 2.83. The average Bonchev–Trinajstić information content (AvgIpc) is 3.28. The molecule has 0 saturated heterocycles. The molecule has 0 spiro atoms. The summed E-state index contributed by atoms with van der Waals surface area (Å²) in [4.78, 5) is 27.9. The lowest BCUT2D eigenvalue weighted by Crippen LogP contribution is -2.22. The SMILES string of the molecule is Cc1ccc2nc(-c3ccc(NC(=O)Cn4nccc4C(=O)O)cc3)sc2c1. The predicted octanol–water partition coefficient (Wildman–Crippen LogP) is 3.81. The molecule has 0 unspecified atom stereocenters. The molecule has 4 rings (SSSR count). The summed E-state index contributed by atoms with van der Waals surface area (Å²) in [6, 6.07) is 14.9. The van der Waals surface area contributed by atoms with Gasteiger partial charge in [0.1, 0.15) is 17.2 Å². The molecule has 0 radical (unpaired) electrons. The van der Waals surface area contributed by atoms with Crippen molar-refractivity contribution in [3.63, 3.8) is 0 Å². The molecule has 0 aliphatic carbocycles. The van der Waals surface area contributed by atoms with Crippen molar-refractivity contribution < 1.29 is 14.7 Å². The number of nitrogens with one attached hydrogen (secondary N) is 1. The third-order valence-corrected chi connectivity index (χ3v) is 5.26. The van der Waals surface area contributed by atoms with E-state index in [0.29, 0.717) is 5.69 Å². The smallest absolute Gasteiger partial charge is 0.354 e. The van der Waals surface area contributed by atoms with Gasteiger partial charge in [-0.2, -0.15) is 5.10 Å². The van der Waals surface area contributed by atoms with Gasteiger partial charge in [-0.1, -0.05) is 6.07 Å². The number of carbonyl (C=O) groups excluding carboxylic acids is 1. The van der Waals surface area contributed by atoms with Crippen LogP contribution in [0.5, 0.6) is 0 Å². The van der Waals surface area contributed by atoms with Crippen molar-refractivity contribution in [1.82, 2.24) is 14.8 Å². The molecule has 8 heteroatoms. The minimum atomic E-state index is -1.12. The van der Waals surface area contributed by atoms with E-state index in [-0.39, 0.29) is 18.1 Å².